The standard InChI is InChI=1S/C21H22ClNO5S/c22-18-11-10-17(21(25)28-15-19(24)16-8-4-3-5-9-16)14-20(18)29(26,27)23-12-6-1-2-7-13-23/h3-5,8-11,14H,1-2,6-7,12-13,15H2. The van der Waals surface area contributed by atoms with E-state index in [1.54, 1.807) is 30.3 Å². The fourth-order valence-corrected chi connectivity index (χ4v) is 5.19. The molecule has 0 aliphatic carbocycles. The highest BCUT2D eigenvalue weighted by Gasteiger charge is 2.28. The lowest BCUT2D eigenvalue weighted by Gasteiger charge is -2.21. The molecule has 0 radical (unpaired) electrons. The summed E-state index contributed by atoms with van der Waals surface area (Å²) in [5.41, 5.74) is 0.462. The first-order chi connectivity index (χ1) is 13.9. The van der Waals surface area contributed by atoms with E-state index in [1.165, 1.54) is 22.5 Å². The molecule has 29 heavy (non-hydrogen) atoms. The maximum atomic E-state index is 13.0. The zero-order valence-corrected chi connectivity index (χ0v) is 17.4. The summed E-state index contributed by atoms with van der Waals surface area (Å²) < 4.78 is 32.5. The van der Waals surface area contributed by atoms with Gasteiger partial charge in [0, 0.05) is 18.7 Å². The number of sulfonamides is 1. The van der Waals surface area contributed by atoms with Crippen LogP contribution in [0.1, 0.15) is 46.4 Å². The minimum absolute atomic E-state index is 0.0312. The number of ether oxygens (including phenoxy) is 1. The molecular formula is C21H22ClNO5S. The van der Waals surface area contributed by atoms with Crippen LogP contribution >= 0.6 is 11.6 Å². The van der Waals surface area contributed by atoms with Gasteiger partial charge in [0.25, 0.3) is 0 Å². The first-order valence-corrected chi connectivity index (χ1v) is 11.3. The van der Waals surface area contributed by atoms with Crippen molar-refractivity contribution in [2.24, 2.45) is 0 Å². The van der Waals surface area contributed by atoms with Crippen molar-refractivity contribution in [2.75, 3.05) is 19.7 Å². The van der Waals surface area contributed by atoms with Crippen molar-refractivity contribution in [3.8, 4) is 0 Å². The number of rotatable bonds is 6. The molecule has 0 saturated carbocycles. The molecule has 0 N–H and O–H groups in total. The topological polar surface area (TPSA) is 80.8 Å². The molecule has 1 heterocycles. The van der Waals surface area contributed by atoms with Crippen LogP contribution in [0.5, 0.6) is 0 Å². The number of hydrogen-bond donors (Lipinski definition) is 0. The lowest BCUT2D eigenvalue weighted by molar-refractivity contribution is 0.0474. The second-order valence-corrected chi connectivity index (χ2v) is 9.14. The Morgan fingerprint density at radius 2 is 1.59 bits per heavy atom. The van der Waals surface area contributed by atoms with Gasteiger partial charge in [0.1, 0.15) is 4.90 Å². The number of hydrogen-bond acceptors (Lipinski definition) is 5. The van der Waals surface area contributed by atoms with Crippen LogP contribution in [0.2, 0.25) is 5.02 Å². The Morgan fingerprint density at radius 1 is 0.931 bits per heavy atom. The second-order valence-electron chi connectivity index (χ2n) is 6.83. The smallest absolute Gasteiger partial charge is 0.338 e. The molecule has 0 unspecified atom stereocenters. The molecule has 2 aromatic rings. The Labute approximate surface area is 175 Å². The molecule has 0 aromatic heterocycles. The SMILES string of the molecule is O=C(COC(=O)c1ccc(Cl)c(S(=O)(=O)N2CCCCCC2)c1)c1ccccc1. The highest BCUT2D eigenvalue weighted by molar-refractivity contribution is 7.89. The Bertz CT molecular complexity index is 983. The quantitative estimate of drug-likeness (QED) is 0.507. The van der Waals surface area contributed by atoms with Crippen LogP contribution in [0.15, 0.2) is 53.4 Å². The minimum atomic E-state index is -3.82. The third kappa shape index (κ3) is 5.23. The highest BCUT2D eigenvalue weighted by atomic mass is 35.5. The van der Waals surface area contributed by atoms with Crippen molar-refractivity contribution in [1.82, 2.24) is 4.31 Å². The predicted molar refractivity (Wildman–Crippen MR) is 110 cm³/mol. The monoisotopic (exact) mass is 435 g/mol. The van der Waals surface area contributed by atoms with E-state index in [0.29, 0.717) is 18.7 Å². The molecule has 1 aliphatic heterocycles. The molecule has 3 rings (SSSR count). The van der Waals surface area contributed by atoms with Crippen molar-refractivity contribution in [1.29, 1.82) is 0 Å². The summed E-state index contributed by atoms with van der Waals surface area (Å²) in [4.78, 5) is 24.4. The lowest BCUT2D eigenvalue weighted by Crippen LogP contribution is -2.32. The molecule has 1 saturated heterocycles. The van der Waals surface area contributed by atoms with E-state index in [0.717, 1.165) is 25.7 Å². The zero-order chi connectivity index (χ0) is 20.9. The average Bonchev–Trinajstić information content (AvgIpc) is 3.03. The zero-order valence-electron chi connectivity index (χ0n) is 15.8. The Morgan fingerprint density at radius 3 is 2.24 bits per heavy atom. The fourth-order valence-electron chi connectivity index (χ4n) is 3.17. The summed E-state index contributed by atoms with van der Waals surface area (Å²) in [6, 6.07) is 12.4. The van der Waals surface area contributed by atoms with Gasteiger partial charge in [0.2, 0.25) is 10.0 Å². The number of Topliss-reactive ketones (excluding diaryl/α,β-unsaturated/α-hetero) is 1. The van der Waals surface area contributed by atoms with Gasteiger partial charge in [0.15, 0.2) is 12.4 Å². The van der Waals surface area contributed by atoms with Crippen molar-refractivity contribution >= 4 is 33.4 Å². The third-order valence-corrected chi connectivity index (χ3v) is 7.16. The van der Waals surface area contributed by atoms with Crippen LogP contribution in [0.4, 0.5) is 0 Å². The molecular weight excluding hydrogens is 414 g/mol. The maximum Gasteiger partial charge on any atom is 0.338 e. The average molecular weight is 436 g/mol. The Kier molecular flexibility index (Phi) is 7.05. The van der Waals surface area contributed by atoms with Crippen LogP contribution in [-0.2, 0) is 14.8 Å². The number of halogens is 1. The Balaban J connectivity index is 1.75. The van der Waals surface area contributed by atoms with Gasteiger partial charge in [-0.25, -0.2) is 13.2 Å². The second kappa shape index (κ2) is 9.52. The van der Waals surface area contributed by atoms with Gasteiger partial charge in [-0.15, -0.1) is 0 Å². The molecule has 154 valence electrons. The van der Waals surface area contributed by atoms with Gasteiger partial charge in [-0.1, -0.05) is 54.8 Å². The van der Waals surface area contributed by atoms with Gasteiger partial charge < -0.3 is 4.74 Å². The minimum Gasteiger partial charge on any atom is -0.454 e. The van der Waals surface area contributed by atoms with Crippen LogP contribution in [0.25, 0.3) is 0 Å². The summed E-state index contributed by atoms with van der Waals surface area (Å²) in [6.45, 7) is 0.428. The molecule has 0 spiro atoms. The van der Waals surface area contributed by atoms with Crippen molar-refractivity contribution in [2.45, 2.75) is 30.6 Å². The van der Waals surface area contributed by atoms with E-state index in [4.69, 9.17) is 16.3 Å². The fraction of sp³-hybridized carbons (Fsp3) is 0.333. The highest BCUT2D eigenvalue weighted by Crippen LogP contribution is 2.28. The molecule has 0 bridgehead atoms. The van der Waals surface area contributed by atoms with Crippen LogP contribution in [0, 0.1) is 0 Å². The van der Waals surface area contributed by atoms with Crippen molar-refractivity contribution in [3.63, 3.8) is 0 Å². The van der Waals surface area contributed by atoms with Gasteiger partial charge >= 0.3 is 5.97 Å². The predicted octanol–water partition coefficient (Wildman–Crippen LogP) is 3.94. The number of ketones is 1. The van der Waals surface area contributed by atoms with Gasteiger partial charge in [0.05, 0.1) is 10.6 Å². The molecule has 2 aromatic carbocycles. The van der Waals surface area contributed by atoms with E-state index in [1.807, 2.05) is 0 Å². The summed E-state index contributed by atoms with van der Waals surface area (Å²) in [5, 5.41) is 0.0474. The van der Waals surface area contributed by atoms with E-state index in [2.05, 4.69) is 0 Å². The maximum absolute atomic E-state index is 13.0. The summed E-state index contributed by atoms with van der Waals surface area (Å²) >= 11 is 6.14. The van der Waals surface area contributed by atoms with Crippen molar-refractivity contribution < 1.29 is 22.7 Å². The van der Waals surface area contributed by atoms with Crippen LogP contribution in [0.3, 0.4) is 0 Å². The first kappa shape index (κ1) is 21.5. The third-order valence-electron chi connectivity index (χ3n) is 4.78. The van der Waals surface area contributed by atoms with Crippen LogP contribution < -0.4 is 0 Å². The van der Waals surface area contributed by atoms with Gasteiger partial charge in [-0.2, -0.15) is 4.31 Å². The number of esters is 1. The van der Waals surface area contributed by atoms with Crippen LogP contribution in [-0.4, -0.2) is 44.2 Å². The Hall–Kier alpha value is -2.22. The number of carbonyl (C=O) groups excluding carboxylic acids is 2. The summed E-state index contributed by atoms with van der Waals surface area (Å²) in [7, 11) is -3.82. The molecule has 0 amide bonds. The molecule has 8 heteroatoms. The molecule has 1 fully saturated rings. The van der Waals surface area contributed by atoms with Gasteiger partial charge in [-0.05, 0) is 31.0 Å². The van der Waals surface area contributed by atoms with E-state index < -0.39 is 22.6 Å². The molecule has 1 aliphatic rings. The number of nitrogens with zero attached hydrogens (tertiary/aromatic N) is 1. The van der Waals surface area contributed by atoms with E-state index in [-0.39, 0.29) is 21.3 Å². The summed E-state index contributed by atoms with van der Waals surface area (Å²) in [5.74, 6) is -1.12. The lowest BCUT2D eigenvalue weighted by atomic mass is 10.1. The van der Waals surface area contributed by atoms with E-state index >= 15 is 0 Å². The molecule has 6 nitrogen and oxygen atoms in total. The van der Waals surface area contributed by atoms with Gasteiger partial charge in [-0.3, -0.25) is 4.79 Å². The largest absolute Gasteiger partial charge is 0.454 e. The van der Waals surface area contributed by atoms with E-state index in [9.17, 15) is 18.0 Å². The number of benzene rings is 2. The first-order valence-electron chi connectivity index (χ1n) is 9.44. The summed E-state index contributed by atoms with van der Waals surface area (Å²) in [6.07, 6.45) is 3.56. The van der Waals surface area contributed by atoms with Crippen molar-refractivity contribution in [3.05, 3.63) is 64.7 Å². The molecule has 0 atom stereocenters. The normalized spacial score (nSPS) is 15.5. The number of carbonyl (C=O) groups is 2.